The normalized spacial score (nSPS) is 14.2. The summed E-state index contributed by atoms with van der Waals surface area (Å²) >= 11 is 3.52. The molecule has 0 atom stereocenters. The van der Waals surface area contributed by atoms with Gasteiger partial charge in [-0.3, -0.25) is 4.79 Å². The minimum absolute atomic E-state index is 0.0758. The molecule has 0 unspecified atom stereocenters. The first-order valence-electron chi connectivity index (χ1n) is 9.95. The predicted octanol–water partition coefficient (Wildman–Crippen LogP) is 3.50. The molecule has 0 aliphatic carbocycles. The van der Waals surface area contributed by atoms with Crippen LogP contribution in [0.2, 0.25) is 0 Å². The van der Waals surface area contributed by atoms with Crippen LogP contribution in [-0.2, 0) is 11.3 Å². The molecule has 2 amide bonds. The maximum atomic E-state index is 12.9. The van der Waals surface area contributed by atoms with Crippen LogP contribution < -0.4 is 16.1 Å². The molecular formula is C22H26BrN4O3. The Labute approximate surface area is 185 Å². The molecule has 3 N–H and O–H groups in total. The van der Waals surface area contributed by atoms with Crippen LogP contribution in [0.25, 0.3) is 0 Å². The zero-order valence-corrected chi connectivity index (χ0v) is 18.3. The number of piperidine rings is 1. The molecule has 30 heavy (non-hydrogen) atoms. The van der Waals surface area contributed by atoms with Crippen LogP contribution in [-0.4, -0.2) is 43.3 Å². The van der Waals surface area contributed by atoms with E-state index >= 15 is 0 Å². The molecule has 0 spiro atoms. The highest BCUT2D eigenvalue weighted by atomic mass is 79.9. The Morgan fingerprint density at radius 2 is 1.80 bits per heavy atom. The highest BCUT2D eigenvalue weighted by Gasteiger charge is 2.27. The van der Waals surface area contributed by atoms with Crippen molar-refractivity contribution >= 4 is 33.6 Å². The van der Waals surface area contributed by atoms with Crippen molar-refractivity contribution in [1.82, 2.24) is 10.3 Å². The average Bonchev–Trinajstić information content (AvgIpc) is 2.79. The topological polar surface area (TPSA) is 87.9 Å². The lowest BCUT2D eigenvalue weighted by Crippen LogP contribution is -2.50. The van der Waals surface area contributed by atoms with Crippen LogP contribution in [0.4, 0.5) is 10.5 Å². The van der Waals surface area contributed by atoms with Gasteiger partial charge in [0.2, 0.25) is 0 Å². The van der Waals surface area contributed by atoms with Gasteiger partial charge in [-0.2, -0.15) is 0 Å². The van der Waals surface area contributed by atoms with Gasteiger partial charge in [-0.05, 0) is 65.0 Å². The van der Waals surface area contributed by atoms with Crippen LogP contribution in [0.3, 0.4) is 0 Å². The zero-order chi connectivity index (χ0) is 21.3. The lowest BCUT2D eigenvalue weighted by Gasteiger charge is -2.36. The third kappa shape index (κ3) is 5.81. The number of hydrogen-bond acceptors (Lipinski definition) is 5. The summed E-state index contributed by atoms with van der Waals surface area (Å²) in [6.45, 7) is 2.21. The van der Waals surface area contributed by atoms with E-state index in [1.54, 1.807) is 17.1 Å². The van der Waals surface area contributed by atoms with Crippen LogP contribution >= 0.6 is 15.9 Å². The molecule has 1 radical (unpaired) electrons. The van der Waals surface area contributed by atoms with Gasteiger partial charge >= 0.3 is 6.09 Å². The minimum Gasteiger partial charge on any atom is -0.446 e. The van der Waals surface area contributed by atoms with E-state index in [-0.39, 0.29) is 19.1 Å². The largest absolute Gasteiger partial charge is 0.446 e. The van der Waals surface area contributed by atoms with E-state index < -0.39 is 6.09 Å². The summed E-state index contributed by atoms with van der Waals surface area (Å²) in [5.41, 5.74) is 7.80. The maximum Gasteiger partial charge on any atom is 0.429 e. The Kier molecular flexibility index (Phi) is 8.24. The van der Waals surface area contributed by atoms with Crippen LogP contribution in [0.5, 0.6) is 0 Å². The second-order valence-electron chi connectivity index (χ2n) is 6.85. The third-order valence-electron chi connectivity index (χ3n) is 4.78. The second kappa shape index (κ2) is 11.1. The Morgan fingerprint density at radius 3 is 2.47 bits per heavy atom. The summed E-state index contributed by atoms with van der Waals surface area (Å²) in [4.78, 5) is 25.1. The van der Waals surface area contributed by atoms with Gasteiger partial charge in [0.05, 0.1) is 12.2 Å². The number of nitrogens with two attached hydrogens (primary N) is 1. The van der Waals surface area contributed by atoms with Crippen molar-refractivity contribution in [3.8, 4) is 0 Å². The summed E-state index contributed by atoms with van der Waals surface area (Å²) in [6, 6.07) is 14.6. The number of para-hydroxylation sites is 1. The van der Waals surface area contributed by atoms with Gasteiger partial charge in [-0.15, -0.1) is 0 Å². The molecule has 0 saturated carbocycles. The monoisotopic (exact) mass is 473 g/mol. The molecule has 1 saturated heterocycles. The van der Waals surface area contributed by atoms with E-state index in [0.29, 0.717) is 12.1 Å². The highest BCUT2D eigenvalue weighted by molar-refractivity contribution is 9.10. The number of carbonyl (C=O) groups excluding carboxylic acids is 2. The first-order valence-corrected chi connectivity index (χ1v) is 10.7. The molecule has 0 aromatic heterocycles. The fraction of sp³-hybridized carbons (Fsp3) is 0.318. The van der Waals surface area contributed by atoms with E-state index in [4.69, 9.17) is 10.5 Å². The minimum atomic E-state index is -0.467. The van der Waals surface area contributed by atoms with Crippen molar-refractivity contribution in [2.24, 2.45) is 5.73 Å². The van der Waals surface area contributed by atoms with Crippen LogP contribution in [0, 0.1) is 6.42 Å². The van der Waals surface area contributed by atoms with E-state index in [1.807, 2.05) is 41.4 Å². The number of ether oxygens (including phenoxy) is 1. The van der Waals surface area contributed by atoms with Gasteiger partial charge < -0.3 is 15.8 Å². The van der Waals surface area contributed by atoms with Gasteiger partial charge in [0.1, 0.15) is 6.61 Å². The zero-order valence-electron chi connectivity index (χ0n) is 16.7. The third-order valence-corrected chi connectivity index (χ3v) is 5.45. The molecule has 1 aliphatic rings. The van der Waals surface area contributed by atoms with Crippen LogP contribution in [0.15, 0.2) is 53.0 Å². The van der Waals surface area contributed by atoms with Crippen molar-refractivity contribution in [3.05, 3.63) is 70.6 Å². The Bertz CT molecular complexity index is 854. The molecular weight excluding hydrogens is 448 g/mol. The van der Waals surface area contributed by atoms with Gasteiger partial charge in [0.15, 0.2) is 0 Å². The number of anilines is 1. The Balaban J connectivity index is 1.56. The van der Waals surface area contributed by atoms with E-state index in [0.717, 1.165) is 41.7 Å². The quantitative estimate of drug-likeness (QED) is 0.600. The molecule has 7 nitrogen and oxygen atoms in total. The van der Waals surface area contributed by atoms with Crippen LogP contribution in [0.1, 0.15) is 28.8 Å². The number of halogens is 1. The number of nitrogens with zero attached hydrogens (tertiary/aromatic N) is 2. The number of nitrogens with one attached hydrogen (secondary N) is 1. The summed E-state index contributed by atoms with van der Waals surface area (Å²) in [6.07, 6.45) is 3.57. The standard InChI is InChI=1S/C22H26BrN4O3/c23-19-6-2-3-7-20(19)27(26-13-4-1-5-14-26)22(29)30-15-12-25-21(28)18-10-8-17(16-24)9-11-18/h1-3,6-11H,4-5,12-16,24H2,(H,25,28). The Hall–Kier alpha value is -2.42. The number of hydrogen-bond donors (Lipinski definition) is 2. The summed E-state index contributed by atoms with van der Waals surface area (Å²) in [5, 5.41) is 6.33. The summed E-state index contributed by atoms with van der Waals surface area (Å²) in [5.74, 6) is -0.219. The smallest absolute Gasteiger partial charge is 0.429 e. The van der Waals surface area contributed by atoms with Crippen molar-refractivity contribution < 1.29 is 14.3 Å². The molecule has 1 aliphatic heterocycles. The number of benzene rings is 2. The predicted molar refractivity (Wildman–Crippen MR) is 120 cm³/mol. The first kappa shape index (κ1) is 22.3. The fourth-order valence-corrected chi connectivity index (χ4v) is 3.64. The van der Waals surface area contributed by atoms with Crippen molar-refractivity contribution in [1.29, 1.82) is 0 Å². The molecule has 159 valence electrons. The second-order valence-corrected chi connectivity index (χ2v) is 7.71. The number of carbonyl (C=O) groups is 2. The van der Waals surface area contributed by atoms with Crippen molar-refractivity contribution in [2.45, 2.75) is 19.4 Å². The number of rotatable bonds is 7. The van der Waals surface area contributed by atoms with Gasteiger partial charge in [0, 0.05) is 29.7 Å². The van der Waals surface area contributed by atoms with E-state index in [9.17, 15) is 9.59 Å². The Morgan fingerprint density at radius 1 is 1.10 bits per heavy atom. The van der Waals surface area contributed by atoms with E-state index in [1.165, 1.54) is 0 Å². The lowest BCUT2D eigenvalue weighted by atomic mass is 10.1. The van der Waals surface area contributed by atoms with E-state index in [2.05, 4.69) is 27.7 Å². The number of hydrazine groups is 1. The molecule has 1 fully saturated rings. The molecule has 8 heteroatoms. The molecule has 3 rings (SSSR count). The number of amides is 2. The average molecular weight is 474 g/mol. The fourth-order valence-electron chi connectivity index (χ4n) is 3.18. The molecule has 2 aromatic rings. The maximum absolute atomic E-state index is 12.9. The molecule has 2 aromatic carbocycles. The highest BCUT2D eigenvalue weighted by Crippen LogP contribution is 2.29. The first-order chi connectivity index (χ1) is 14.6. The SMILES string of the molecule is NCc1ccc(C(=O)NCCOC(=O)N(c2ccccc2Br)N2CC[CH]CC2)cc1. The van der Waals surface area contributed by atoms with Crippen molar-refractivity contribution in [3.63, 3.8) is 0 Å². The van der Waals surface area contributed by atoms with Crippen molar-refractivity contribution in [2.75, 3.05) is 31.3 Å². The summed E-state index contributed by atoms with van der Waals surface area (Å²) in [7, 11) is 0. The van der Waals surface area contributed by atoms with Gasteiger partial charge in [-0.25, -0.2) is 14.8 Å². The summed E-state index contributed by atoms with van der Waals surface area (Å²) < 4.78 is 6.28. The van der Waals surface area contributed by atoms with Gasteiger partial charge in [-0.1, -0.05) is 24.3 Å². The van der Waals surface area contributed by atoms with Gasteiger partial charge in [0.25, 0.3) is 5.91 Å². The molecule has 0 bridgehead atoms. The molecule has 1 heterocycles. The lowest BCUT2D eigenvalue weighted by molar-refractivity contribution is 0.0927.